The van der Waals surface area contributed by atoms with Crippen molar-refractivity contribution in [2.45, 2.75) is 6.92 Å². The van der Waals surface area contributed by atoms with E-state index < -0.39 is 0 Å². The number of nitrogens with one attached hydrogen (secondary N) is 1. The Morgan fingerprint density at radius 3 is 2.87 bits per heavy atom. The number of halogens is 1. The summed E-state index contributed by atoms with van der Waals surface area (Å²) in [5.74, 6) is 0.937. The van der Waals surface area contributed by atoms with Gasteiger partial charge in [-0.2, -0.15) is 0 Å². The molecule has 1 aliphatic rings. The molecular formula is C9H11BrN3W2-. The fourth-order valence-corrected chi connectivity index (χ4v) is 1.74. The van der Waals surface area contributed by atoms with Crippen LogP contribution in [-0.2, 0) is 42.1 Å². The minimum atomic E-state index is 0. The van der Waals surface area contributed by atoms with Crippen molar-refractivity contribution in [3.8, 4) is 0 Å². The van der Waals surface area contributed by atoms with Gasteiger partial charge in [0, 0.05) is 65.9 Å². The van der Waals surface area contributed by atoms with Crippen LogP contribution in [0.3, 0.4) is 0 Å². The molecule has 0 amide bonds. The molecule has 15 heavy (non-hydrogen) atoms. The fourth-order valence-electron chi connectivity index (χ4n) is 1.44. The number of anilines is 2. The van der Waals surface area contributed by atoms with Gasteiger partial charge in [-0.25, -0.2) is 4.98 Å². The third kappa shape index (κ3) is 3.05. The van der Waals surface area contributed by atoms with E-state index in [0.29, 0.717) is 0 Å². The van der Waals surface area contributed by atoms with Gasteiger partial charge in [-0.05, 0) is 28.4 Å². The Hall–Kier alpha value is 0.607. The van der Waals surface area contributed by atoms with Crippen molar-refractivity contribution in [2.24, 2.45) is 0 Å². The number of pyridine rings is 1. The molecule has 82 valence electrons. The maximum absolute atomic E-state index is 4.31. The van der Waals surface area contributed by atoms with Crippen molar-refractivity contribution in [1.29, 1.82) is 0 Å². The molecule has 0 saturated carbocycles. The molecule has 0 aromatic carbocycles. The molecule has 2 heterocycles. The van der Waals surface area contributed by atoms with E-state index in [1.165, 1.54) is 5.56 Å². The van der Waals surface area contributed by atoms with Gasteiger partial charge >= 0.3 is 0 Å². The summed E-state index contributed by atoms with van der Waals surface area (Å²) in [5, 5.41) is 3.33. The number of hydrogen-bond donors (Lipinski definition) is 1. The molecular weight excluding hydrogens is 598 g/mol. The van der Waals surface area contributed by atoms with Crippen LogP contribution in [0.5, 0.6) is 0 Å². The smallest absolute Gasteiger partial charge is 0.122 e. The van der Waals surface area contributed by atoms with Gasteiger partial charge in [0.1, 0.15) is 5.82 Å². The minimum absolute atomic E-state index is 0. The zero-order valence-electron chi connectivity index (χ0n) is 8.29. The van der Waals surface area contributed by atoms with Gasteiger partial charge in [-0.15, -0.1) is 0 Å². The zero-order chi connectivity index (χ0) is 9.42. The van der Waals surface area contributed by atoms with Crippen LogP contribution < -0.4 is 10.2 Å². The van der Waals surface area contributed by atoms with E-state index in [0.717, 1.165) is 29.1 Å². The number of fused-ring (bicyclic) bond motifs is 1. The molecule has 0 saturated heterocycles. The van der Waals surface area contributed by atoms with Gasteiger partial charge < -0.3 is 10.2 Å². The molecule has 3 nitrogen and oxygen atoms in total. The van der Waals surface area contributed by atoms with Crippen LogP contribution in [0.1, 0.15) is 5.56 Å². The molecule has 1 aliphatic heterocycles. The predicted octanol–water partition coefficient (Wildman–Crippen LogP) is 2.17. The Bertz CT molecular complexity index is 346. The quantitative estimate of drug-likeness (QED) is 0.458. The second kappa shape index (κ2) is 6.37. The topological polar surface area (TPSA) is 28.2 Å². The first-order valence-corrected chi connectivity index (χ1v) is 4.96. The second-order valence-corrected chi connectivity index (χ2v) is 3.97. The molecule has 1 N–H and O–H groups in total. The van der Waals surface area contributed by atoms with Crippen LogP contribution >= 0.6 is 15.9 Å². The van der Waals surface area contributed by atoms with Crippen LogP contribution in [0.2, 0.25) is 0 Å². The van der Waals surface area contributed by atoms with Crippen molar-refractivity contribution in [3.05, 3.63) is 23.3 Å². The number of hydrogen-bond acceptors (Lipinski definition) is 3. The molecule has 0 fully saturated rings. The first-order valence-electron chi connectivity index (χ1n) is 4.17. The molecule has 0 aliphatic carbocycles. The van der Waals surface area contributed by atoms with Gasteiger partial charge in [0.05, 0.1) is 5.69 Å². The first kappa shape index (κ1) is 15.6. The third-order valence-electron chi connectivity index (χ3n) is 2.24. The number of aromatic nitrogens is 1. The second-order valence-electron chi connectivity index (χ2n) is 3.12. The Morgan fingerprint density at radius 2 is 2.20 bits per heavy atom. The van der Waals surface area contributed by atoms with E-state index in [1.54, 1.807) is 0 Å². The summed E-state index contributed by atoms with van der Waals surface area (Å²) in [7, 11) is 3.93. The summed E-state index contributed by atoms with van der Waals surface area (Å²) >= 11 is 3.45. The van der Waals surface area contributed by atoms with Crippen LogP contribution in [0.4, 0.5) is 11.5 Å². The average molecular weight is 609 g/mol. The van der Waals surface area contributed by atoms with Crippen LogP contribution in [0, 0.1) is 14.0 Å². The molecule has 0 spiro atoms. The molecule has 6 heteroatoms. The van der Waals surface area contributed by atoms with Crippen molar-refractivity contribution in [3.63, 3.8) is 0 Å². The van der Waals surface area contributed by atoms with E-state index in [9.17, 15) is 0 Å². The van der Waals surface area contributed by atoms with E-state index in [-0.39, 0.29) is 42.1 Å². The Labute approximate surface area is 127 Å². The third-order valence-corrected chi connectivity index (χ3v) is 3.04. The molecule has 1 aromatic rings. The van der Waals surface area contributed by atoms with E-state index in [1.807, 2.05) is 11.1 Å². The van der Waals surface area contributed by atoms with Gasteiger partial charge in [-0.3, -0.25) is 7.05 Å². The largest absolute Gasteiger partial charge is 0.507 e. The van der Waals surface area contributed by atoms with Crippen molar-refractivity contribution in [2.75, 3.05) is 23.3 Å². The monoisotopic (exact) mass is 608 g/mol. The van der Waals surface area contributed by atoms with Gasteiger partial charge in [0.2, 0.25) is 0 Å². The van der Waals surface area contributed by atoms with Crippen molar-refractivity contribution >= 4 is 27.4 Å². The zero-order valence-corrected chi connectivity index (χ0v) is 15.7. The molecule has 2 rings (SSSR count). The first-order chi connectivity index (χ1) is 6.20. The maximum Gasteiger partial charge on any atom is 0.122 e. The van der Waals surface area contributed by atoms with Gasteiger partial charge in [0.25, 0.3) is 0 Å². The van der Waals surface area contributed by atoms with E-state index >= 15 is 0 Å². The Balaban J connectivity index is 0.000000980. The van der Waals surface area contributed by atoms with E-state index in [4.69, 9.17) is 0 Å². The summed E-state index contributed by atoms with van der Waals surface area (Å²) in [5.41, 5.74) is 2.29. The van der Waals surface area contributed by atoms with Crippen LogP contribution in [0.25, 0.3) is 0 Å². The summed E-state index contributed by atoms with van der Waals surface area (Å²) in [6, 6.07) is 0. The van der Waals surface area contributed by atoms with Crippen molar-refractivity contribution < 1.29 is 42.1 Å². The fraction of sp³-hybridized carbons (Fsp3) is 0.333. The minimum Gasteiger partial charge on any atom is -0.507 e. The summed E-state index contributed by atoms with van der Waals surface area (Å²) in [6.45, 7) is 3.90. The maximum atomic E-state index is 4.31. The van der Waals surface area contributed by atoms with Crippen LogP contribution in [0.15, 0.2) is 10.7 Å². The average Bonchev–Trinajstić information content (AvgIpc) is 2.12. The number of rotatable bonds is 0. The number of nitrogens with zero attached hydrogens (tertiary/aromatic N) is 2. The van der Waals surface area contributed by atoms with Crippen molar-refractivity contribution in [1.82, 2.24) is 4.98 Å². The summed E-state index contributed by atoms with van der Waals surface area (Å²) in [4.78, 5) is 6.24. The van der Waals surface area contributed by atoms with Crippen LogP contribution in [-0.4, -0.2) is 18.1 Å². The molecule has 0 bridgehead atoms. The summed E-state index contributed by atoms with van der Waals surface area (Å²) in [6.07, 6.45) is 1.82. The molecule has 0 radical (unpaired) electrons. The Kier molecular flexibility index (Phi) is 6.63. The summed E-state index contributed by atoms with van der Waals surface area (Å²) < 4.78 is 1.04. The predicted molar refractivity (Wildman–Crippen MR) is 57.9 cm³/mol. The normalized spacial score (nSPS) is 13.1. The Morgan fingerprint density at radius 1 is 1.53 bits per heavy atom. The molecule has 1 aromatic heterocycles. The van der Waals surface area contributed by atoms with Gasteiger partial charge in [-0.1, -0.05) is 0 Å². The van der Waals surface area contributed by atoms with E-state index in [2.05, 4.69) is 40.2 Å². The molecule has 0 unspecified atom stereocenters. The SMILES string of the molecule is [CH2-]N1CCNc2c1ncc(Br)c2C.[W].[W]. The standard InChI is InChI=1S/C9H11BrN3.2W/c1-6-7(10)5-12-9-8(6)11-3-4-13(9)2;;/h5,11H,2-4H2,1H3;;/q-1;;. The van der Waals surface area contributed by atoms with Gasteiger partial charge in [0.15, 0.2) is 0 Å². The molecule has 0 atom stereocenters.